The summed E-state index contributed by atoms with van der Waals surface area (Å²) in [6.07, 6.45) is 6.71. The molecule has 3 aromatic rings. The predicted molar refractivity (Wildman–Crippen MR) is 97.1 cm³/mol. The summed E-state index contributed by atoms with van der Waals surface area (Å²) in [5.74, 6) is 1.77. The predicted octanol–water partition coefficient (Wildman–Crippen LogP) is 2.16. The number of carbonyl (C=O) groups excluding carboxylic acids is 1. The molecule has 8 heteroatoms. The Bertz CT molecular complexity index is 1010. The van der Waals surface area contributed by atoms with Crippen molar-refractivity contribution in [2.75, 3.05) is 13.1 Å². The molecule has 0 atom stereocenters. The van der Waals surface area contributed by atoms with Gasteiger partial charge in [-0.25, -0.2) is 4.98 Å². The Hall–Kier alpha value is -2.90. The molecule has 2 aliphatic rings. The largest absolute Gasteiger partial charge is 0.361 e. The maximum absolute atomic E-state index is 12.6. The fraction of sp³-hybridized carbons (Fsp3) is 0.474. The average Bonchev–Trinajstić information content (AvgIpc) is 3.43. The highest BCUT2D eigenvalue weighted by Gasteiger charge is 2.45. The second-order valence-corrected chi connectivity index (χ2v) is 7.60. The van der Waals surface area contributed by atoms with Crippen LogP contribution in [0.4, 0.5) is 0 Å². The first-order chi connectivity index (χ1) is 13.1. The van der Waals surface area contributed by atoms with E-state index < -0.39 is 0 Å². The van der Waals surface area contributed by atoms with E-state index in [1.165, 1.54) is 0 Å². The lowest BCUT2D eigenvalue weighted by atomic mass is 9.76. The van der Waals surface area contributed by atoms with Crippen LogP contribution in [0, 0.1) is 6.92 Å². The molecule has 1 spiro atoms. The van der Waals surface area contributed by atoms with E-state index in [-0.39, 0.29) is 11.3 Å². The molecule has 0 saturated carbocycles. The van der Waals surface area contributed by atoms with Crippen LogP contribution in [-0.4, -0.2) is 48.4 Å². The Morgan fingerprint density at radius 1 is 1.19 bits per heavy atom. The number of hydrogen-bond acceptors (Lipinski definition) is 5. The summed E-state index contributed by atoms with van der Waals surface area (Å²) in [7, 11) is 1.95. The monoisotopic (exact) mass is 366 g/mol. The van der Waals surface area contributed by atoms with Gasteiger partial charge in [0.1, 0.15) is 11.6 Å². The van der Waals surface area contributed by atoms with Gasteiger partial charge in [-0.2, -0.15) is 5.10 Å². The molecule has 5 rings (SSSR count). The van der Waals surface area contributed by atoms with Gasteiger partial charge in [0.15, 0.2) is 5.69 Å². The Kier molecular flexibility index (Phi) is 3.50. The summed E-state index contributed by atoms with van der Waals surface area (Å²) < 4.78 is 9.26. The van der Waals surface area contributed by atoms with Gasteiger partial charge in [0.25, 0.3) is 5.91 Å². The first-order valence-corrected chi connectivity index (χ1v) is 9.34. The molecule has 1 saturated heterocycles. The minimum atomic E-state index is -0.0430. The highest BCUT2D eigenvalue weighted by atomic mass is 16.5. The van der Waals surface area contributed by atoms with Crippen LogP contribution in [0.2, 0.25) is 0 Å². The van der Waals surface area contributed by atoms with Crippen molar-refractivity contribution in [1.82, 2.24) is 29.4 Å². The average molecular weight is 366 g/mol. The maximum Gasteiger partial charge on any atom is 0.276 e. The Morgan fingerprint density at radius 2 is 1.96 bits per heavy atom. The van der Waals surface area contributed by atoms with Crippen LogP contribution in [0.3, 0.4) is 0 Å². The molecular weight excluding hydrogens is 344 g/mol. The summed E-state index contributed by atoms with van der Waals surface area (Å²) >= 11 is 0. The zero-order chi connectivity index (χ0) is 18.6. The van der Waals surface area contributed by atoms with E-state index in [2.05, 4.69) is 14.8 Å². The van der Waals surface area contributed by atoms with Gasteiger partial charge in [0.05, 0.1) is 17.6 Å². The lowest BCUT2D eigenvalue weighted by Crippen LogP contribution is -2.44. The van der Waals surface area contributed by atoms with Gasteiger partial charge in [-0.05, 0) is 32.3 Å². The van der Waals surface area contributed by atoms with E-state index in [1.807, 2.05) is 35.1 Å². The third-order valence-corrected chi connectivity index (χ3v) is 6.08. The van der Waals surface area contributed by atoms with E-state index in [4.69, 9.17) is 9.51 Å². The number of likely N-dealkylation sites (tertiary alicyclic amines) is 1. The molecule has 1 fully saturated rings. The van der Waals surface area contributed by atoms with Crippen LogP contribution >= 0.6 is 0 Å². The maximum atomic E-state index is 12.6. The van der Waals surface area contributed by atoms with Crippen molar-refractivity contribution >= 4 is 5.91 Å². The fourth-order valence-corrected chi connectivity index (χ4v) is 4.53. The molecule has 3 aromatic heterocycles. The quantitative estimate of drug-likeness (QED) is 0.694. The number of aryl methyl sites for hydroxylation is 2. The fourth-order valence-electron chi connectivity index (χ4n) is 4.53. The number of imidazole rings is 1. The van der Waals surface area contributed by atoms with Gasteiger partial charge in [0, 0.05) is 44.4 Å². The highest BCUT2D eigenvalue weighted by Crippen LogP contribution is 2.44. The van der Waals surface area contributed by atoms with Crippen LogP contribution in [0.5, 0.6) is 0 Å². The van der Waals surface area contributed by atoms with Crippen molar-refractivity contribution in [3.63, 3.8) is 0 Å². The Labute approximate surface area is 156 Å². The van der Waals surface area contributed by atoms with E-state index in [1.54, 1.807) is 13.0 Å². The van der Waals surface area contributed by atoms with E-state index >= 15 is 0 Å². The molecule has 0 aliphatic carbocycles. The second kappa shape index (κ2) is 5.80. The first-order valence-electron chi connectivity index (χ1n) is 9.34. The summed E-state index contributed by atoms with van der Waals surface area (Å²) in [5, 5.41) is 8.14. The molecule has 140 valence electrons. The summed E-state index contributed by atoms with van der Waals surface area (Å²) in [6.45, 7) is 4.21. The van der Waals surface area contributed by atoms with E-state index in [0.29, 0.717) is 11.5 Å². The summed E-state index contributed by atoms with van der Waals surface area (Å²) in [4.78, 5) is 19.3. The van der Waals surface area contributed by atoms with Crippen LogP contribution < -0.4 is 0 Å². The smallest absolute Gasteiger partial charge is 0.276 e. The van der Waals surface area contributed by atoms with Crippen LogP contribution in [0.25, 0.3) is 11.4 Å². The van der Waals surface area contributed by atoms with Crippen LogP contribution in [-0.2, 0) is 19.0 Å². The number of aromatic nitrogens is 5. The van der Waals surface area contributed by atoms with Gasteiger partial charge in [-0.15, -0.1) is 0 Å². The van der Waals surface area contributed by atoms with Crippen molar-refractivity contribution in [2.24, 2.45) is 7.05 Å². The summed E-state index contributed by atoms with van der Waals surface area (Å²) in [5.41, 5.74) is 2.67. The molecule has 1 amide bonds. The van der Waals surface area contributed by atoms with Crippen molar-refractivity contribution in [3.05, 3.63) is 41.8 Å². The van der Waals surface area contributed by atoms with Crippen molar-refractivity contribution < 1.29 is 9.32 Å². The van der Waals surface area contributed by atoms with Gasteiger partial charge in [-0.3, -0.25) is 9.48 Å². The zero-order valence-electron chi connectivity index (χ0n) is 15.6. The molecule has 0 N–H and O–H groups in total. The molecule has 2 aliphatic heterocycles. The van der Waals surface area contributed by atoms with Crippen LogP contribution in [0.1, 0.15) is 41.3 Å². The van der Waals surface area contributed by atoms with Gasteiger partial charge in [0.2, 0.25) is 0 Å². The minimum Gasteiger partial charge on any atom is -0.361 e. The molecule has 5 heterocycles. The van der Waals surface area contributed by atoms with Crippen LogP contribution in [0.15, 0.2) is 29.0 Å². The topological polar surface area (TPSA) is 82.0 Å². The highest BCUT2D eigenvalue weighted by molar-refractivity contribution is 5.92. The molecule has 27 heavy (non-hydrogen) atoms. The SMILES string of the molecule is Cc1cc(C(=O)N2CCC3(CC2)CCn2c(-c4ccnn4C)cnc23)no1. The standard InChI is InChI=1S/C19H22N6O2/c1-13-11-14(22-27-13)17(26)24-8-4-19(5-9-24)6-10-25-16(12-20-18(19)25)15-3-7-21-23(15)2/h3,7,11-12H,4-6,8-10H2,1-2H3. The second-order valence-electron chi connectivity index (χ2n) is 7.60. The van der Waals surface area contributed by atoms with E-state index in [0.717, 1.165) is 56.1 Å². The Balaban J connectivity index is 1.37. The number of nitrogens with zero attached hydrogens (tertiary/aromatic N) is 6. The lowest BCUT2D eigenvalue weighted by molar-refractivity contribution is 0.0653. The number of piperidine rings is 1. The number of hydrogen-bond donors (Lipinski definition) is 0. The van der Waals surface area contributed by atoms with E-state index in [9.17, 15) is 4.79 Å². The number of fused-ring (bicyclic) bond motifs is 2. The molecule has 8 nitrogen and oxygen atoms in total. The van der Waals surface area contributed by atoms with Crippen molar-refractivity contribution in [1.29, 1.82) is 0 Å². The first kappa shape index (κ1) is 16.3. The van der Waals surface area contributed by atoms with Gasteiger partial charge in [-0.1, -0.05) is 5.16 Å². The van der Waals surface area contributed by atoms with Gasteiger partial charge >= 0.3 is 0 Å². The minimum absolute atomic E-state index is 0.0430. The number of rotatable bonds is 2. The third kappa shape index (κ3) is 2.43. The van der Waals surface area contributed by atoms with Crippen molar-refractivity contribution in [2.45, 2.75) is 38.1 Å². The van der Waals surface area contributed by atoms with Gasteiger partial charge < -0.3 is 14.0 Å². The Morgan fingerprint density at radius 3 is 2.63 bits per heavy atom. The molecule has 0 bridgehead atoms. The molecule has 0 aromatic carbocycles. The van der Waals surface area contributed by atoms with Crippen molar-refractivity contribution in [3.8, 4) is 11.4 Å². The summed E-state index contributed by atoms with van der Waals surface area (Å²) in [6, 6.07) is 3.73. The zero-order valence-corrected chi connectivity index (χ0v) is 15.6. The molecule has 0 unspecified atom stereocenters. The number of carbonyl (C=O) groups is 1. The normalized spacial score (nSPS) is 18.2. The number of amides is 1. The third-order valence-electron chi connectivity index (χ3n) is 6.08. The molecule has 0 radical (unpaired) electrons. The molecular formula is C19H22N6O2. The lowest BCUT2D eigenvalue weighted by Gasteiger charge is -2.38.